The molecular weight excluding hydrogens is 464 g/mol. The number of alkyl halides is 2. The Kier molecular flexibility index (Phi) is 15.7. The first-order valence-electron chi connectivity index (χ1n) is 11.1. The van der Waals surface area contributed by atoms with Crippen LogP contribution in [0, 0.1) is 5.92 Å². The minimum atomic E-state index is 0.835. The summed E-state index contributed by atoms with van der Waals surface area (Å²) in [6.45, 7) is 5.55. The normalized spacial score (nSPS) is 12.3. The molecule has 27 heavy (non-hydrogen) atoms. The van der Waals surface area contributed by atoms with Crippen molar-refractivity contribution >= 4 is 31.9 Å². The molecule has 0 saturated heterocycles. The van der Waals surface area contributed by atoms with Gasteiger partial charge in [-0.2, -0.15) is 0 Å². The van der Waals surface area contributed by atoms with Crippen molar-refractivity contribution < 1.29 is 4.74 Å². The fourth-order valence-electron chi connectivity index (χ4n) is 3.46. The lowest BCUT2D eigenvalue weighted by Gasteiger charge is -2.11. The molecule has 1 nitrogen and oxygen atoms in total. The number of hydrogen-bond donors (Lipinski definition) is 0. The zero-order valence-corrected chi connectivity index (χ0v) is 20.8. The first-order chi connectivity index (χ1) is 13.2. The molecular formula is C24H40Br2O. The van der Waals surface area contributed by atoms with Crippen molar-refractivity contribution in [3.63, 3.8) is 0 Å². The number of unbranched alkanes of at least 4 members (excludes halogenated alkanes) is 8. The Morgan fingerprint density at radius 2 is 1.44 bits per heavy atom. The lowest BCUT2D eigenvalue weighted by molar-refractivity contribution is 0.302. The van der Waals surface area contributed by atoms with Crippen molar-refractivity contribution in [1.82, 2.24) is 0 Å². The van der Waals surface area contributed by atoms with Gasteiger partial charge >= 0.3 is 0 Å². The largest absolute Gasteiger partial charge is 0.493 e. The highest BCUT2D eigenvalue weighted by molar-refractivity contribution is 9.08. The summed E-state index contributed by atoms with van der Waals surface area (Å²) >= 11 is 7.07. The Morgan fingerprint density at radius 1 is 0.815 bits per heavy atom. The van der Waals surface area contributed by atoms with Gasteiger partial charge in [-0.1, -0.05) is 128 Å². The summed E-state index contributed by atoms with van der Waals surface area (Å²) in [6.07, 6.45) is 16.5. The molecule has 0 aliphatic carbocycles. The Hall–Kier alpha value is -0.0200. The molecule has 1 rings (SSSR count). The van der Waals surface area contributed by atoms with E-state index in [1.165, 1.54) is 81.8 Å². The van der Waals surface area contributed by atoms with Crippen LogP contribution in [0.5, 0.6) is 5.75 Å². The molecule has 156 valence electrons. The first-order valence-corrected chi connectivity index (χ1v) is 13.3. The van der Waals surface area contributed by atoms with E-state index in [1.54, 1.807) is 0 Å². The predicted octanol–water partition coefficient (Wildman–Crippen LogP) is 9.19. The van der Waals surface area contributed by atoms with Gasteiger partial charge in [0.15, 0.2) is 0 Å². The zero-order valence-electron chi connectivity index (χ0n) is 17.6. The predicted molar refractivity (Wildman–Crippen MR) is 127 cm³/mol. The third-order valence-electron chi connectivity index (χ3n) is 5.33. The minimum absolute atomic E-state index is 0.835. The molecule has 0 aliphatic rings. The second-order valence-corrected chi connectivity index (χ2v) is 9.04. The van der Waals surface area contributed by atoms with Gasteiger partial charge in [-0.05, 0) is 24.0 Å². The lowest BCUT2D eigenvalue weighted by atomic mass is 9.97. The highest BCUT2D eigenvalue weighted by atomic mass is 79.9. The summed E-state index contributed by atoms with van der Waals surface area (Å²) in [5.74, 6) is 1.97. The fourth-order valence-corrected chi connectivity index (χ4v) is 4.27. The Morgan fingerprint density at radius 3 is 2.07 bits per heavy atom. The van der Waals surface area contributed by atoms with Gasteiger partial charge in [0.25, 0.3) is 0 Å². The van der Waals surface area contributed by atoms with Crippen LogP contribution in [0.4, 0.5) is 0 Å². The second kappa shape index (κ2) is 16.9. The lowest BCUT2D eigenvalue weighted by Crippen LogP contribution is -2.00. The molecule has 0 aliphatic heterocycles. The van der Waals surface area contributed by atoms with Crippen molar-refractivity contribution in [2.45, 2.75) is 102 Å². The molecule has 3 heteroatoms. The van der Waals surface area contributed by atoms with Crippen LogP contribution in [0.2, 0.25) is 0 Å². The van der Waals surface area contributed by atoms with Gasteiger partial charge in [-0.3, -0.25) is 0 Å². The van der Waals surface area contributed by atoms with Gasteiger partial charge in [0.1, 0.15) is 5.75 Å². The van der Waals surface area contributed by atoms with Crippen LogP contribution in [-0.2, 0) is 10.7 Å². The molecule has 0 amide bonds. The maximum absolute atomic E-state index is 6.03. The van der Waals surface area contributed by atoms with Crippen LogP contribution < -0.4 is 4.74 Å². The molecule has 0 heterocycles. The topological polar surface area (TPSA) is 9.23 Å². The zero-order chi connectivity index (χ0) is 19.7. The van der Waals surface area contributed by atoms with Gasteiger partial charge in [-0.15, -0.1) is 0 Å². The number of rotatable bonds is 17. The Balaban J connectivity index is 1.98. The van der Waals surface area contributed by atoms with Crippen LogP contribution in [0.1, 0.15) is 102 Å². The van der Waals surface area contributed by atoms with Gasteiger partial charge in [0.05, 0.1) is 6.61 Å². The molecule has 1 aromatic rings. The van der Waals surface area contributed by atoms with E-state index in [9.17, 15) is 0 Å². The fraction of sp³-hybridized carbons (Fsp3) is 0.750. The molecule has 0 fully saturated rings. The molecule has 0 N–H and O–H groups in total. The molecule has 1 unspecified atom stereocenters. The van der Waals surface area contributed by atoms with Crippen LogP contribution in [0.3, 0.4) is 0 Å². The summed E-state index contributed by atoms with van der Waals surface area (Å²) in [5.41, 5.74) is 2.51. The van der Waals surface area contributed by atoms with Crippen molar-refractivity contribution in [3.8, 4) is 5.75 Å². The molecule has 0 spiro atoms. The average molecular weight is 504 g/mol. The Bertz CT molecular complexity index is 475. The third kappa shape index (κ3) is 12.2. The smallest absolute Gasteiger partial charge is 0.123 e. The standard InChI is InChI=1S/C24H40Br2O/c1-3-4-13-21(2)14-11-9-7-5-6-8-10-12-17-27-24-18-22(19-25)15-16-23(24)20-26/h15-16,18,21H,3-14,17,19-20H2,1-2H3. The minimum Gasteiger partial charge on any atom is -0.493 e. The number of halogens is 2. The van der Waals surface area contributed by atoms with E-state index in [-0.39, 0.29) is 0 Å². The summed E-state index contributed by atoms with van der Waals surface area (Å²) in [6, 6.07) is 6.48. The summed E-state index contributed by atoms with van der Waals surface area (Å²) < 4.78 is 6.03. The number of ether oxygens (including phenoxy) is 1. The summed E-state index contributed by atoms with van der Waals surface area (Å²) in [7, 11) is 0. The van der Waals surface area contributed by atoms with Crippen molar-refractivity contribution in [1.29, 1.82) is 0 Å². The van der Waals surface area contributed by atoms with E-state index in [4.69, 9.17) is 4.74 Å². The van der Waals surface area contributed by atoms with Crippen LogP contribution in [-0.4, -0.2) is 6.61 Å². The molecule has 0 aromatic heterocycles. The summed E-state index contributed by atoms with van der Waals surface area (Å²) in [4.78, 5) is 0. The van der Waals surface area contributed by atoms with E-state index >= 15 is 0 Å². The van der Waals surface area contributed by atoms with Crippen molar-refractivity contribution in [3.05, 3.63) is 29.3 Å². The number of hydrogen-bond acceptors (Lipinski definition) is 1. The SMILES string of the molecule is CCCCC(C)CCCCCCCCCCOc1cc(CBr)ccc1CBr. The van der Waals surface area contributed by atoms with E-state index < -0.39 is 0 Å². The van der Waals surface area contributed by atoms with Gasteiger partial charge in [0, 0.05) is 16.2 Å². The molecule has 1 atom stereocenters. The van der Waals surface area contributed by atoms with E-state index in [0.717, 1.165) is 35.4 Å². The van der Waals surface area contributed by atoms with E-state index in [2.05, 4.69) is 63.9 Å². The Labute approximate surface area is 185 Å². The second-order valence-electron chi connectivity index (χ2n) is 7.92. The summed E-state index contributed by atoms with van der Waals surface area (Å²) in [5, 5.41) is 1.73. The van der Waals surface area contributed by atoms with Crippen LogP contribution >= 0.6 is 31.9 Å². The van der Waals surface area contributed by atoms with Crippen LogP contribution in [0.15, 0.2) is 18.2 Å². The van der Waals surface area contributed by atoms with Crippen LogP contribution in [0.25, 0.3) is 0 Å². The van der Waals surface area contributed by atoms with Crippen molar-refractivity contribution in [2.24, 2.45) is 5.92 Å². The van der Waals surface area contributed by atoms with Crippen molar-refractivity contribution in [2.75, 3.05) is 6.61 Å². The molecule has 0 saturated carbocycles. The quantitative estimate of drug-likeness (QED) is 0.152. The van der Waals surface area contributed by atoms with Gasteiger partial charge < -0.3 is 4.74 Å². The first kappa shape index (κ1) is 25.0. The number of benzene rings is 1. The highest BCUT2D eigenvalue weighted by Gasteiger charge is 2.04. The molecule has 1 aromatic carbocycles. The van der Waals surface area contributed by atoms with Gasteiger partial charge in [-0.25, -0.2) is 0 Å². The van der Waals surface area contributed by atoms with E-state index in [0.29, 0.717) is 0 Å². The molecule has 0 radical (unpaired) electrons. The monoisotopic (exact) mass is 502 g/mol. The highest BCUT2D eigenvalue weighted by Crippen LogP contribution is 2.24. The maximum atomic E-state index is 6.03. The molecule has 0 bridgehead atoms. The maximum Gasteiger partial charge on any atom is 0.123 e. The van der Waals surface area contributed by atoms with Gasteiger partial charge in [0.2, 0.25) is 0 Å². The van der Waals surface area contributed by atoms with E-state index in [1.807, 2.05) is 0 Å². The average Bonchev–Trinajstić information content (AvgIpc) is 2.70. The third-order valence-corrected chi connectivity index (χ3v) is 6.58.